The van der Waals surface area contributed by atoms with E-state index in [4.69, 9.17) is 5.11 Å². The van der Waals surface area contributed by atoms with Crippen molar-refractivity contribution in [1.82, 2.24) is 25.3 Å². The molecule has 1 aromatic rings. The first kappa shape index (κ1) is 16.9. The van der Waals surface area contributed by atoms with Gasteiger partial charge >= 0.3 is 0 Å². The van der Waals surface area contributed by atoms with Crippen LogP contribution in [-0.4, -0.2) is 58.5 Å². The van der Waals surface area contributed by atoms with Crippen molar-refractivity contribution in [3.05, 3.63) is 17.5 Å². The highest BCUT2D eigenvalue weighted by molar-refractivity contribution is 5.81. The Kier molecular flexibility index (Phi) is 6.35. The average molecular weight is 309 g/mol. The molecule has 1 atom stereocenters. The Morgan fingerprint density at radius 3 is 3.00 bits per heavy atom. The highest BCUT2D eigenvalue weighted by Gasteiger charge is 2.18. The van der Waals surface area contributed by atoms with Gasteiger partial charge in [-0.15, -0.1) is 0 Å². The molecule has 2 heterocycles. The number of aryl methyl sites for hydroxylation is 1. The van der Waals surface area contributed by atoms with Crippen molar-refractivity contribution in [2.75, 3.05) is 26.7 Å². The third kappa shape index (κ3) is 4.28. The summed E-state index contributed by atoms with van der Waals surface area (Å²) in [5.74, 6) is -0.208. The predicted octanol–water partition coefficient (Wildman–Crippen LogP) is -0.305. The van der Waals surface area contributed by atoms with Crippen LogP contribution in [0, 0.1) is 0 Å². The smallest absolute Gasteiger partial charge is 0.239 e. The number of hydrogen-bond acceptors (Lipinski definition) is 5. The Hall–Kier alpha value is -1.44. The van der Waals surface area contributed by atoms with Crippen molar-refractivity contribution in [3.63, 3.8) is 0 Å². The van der Waals surface area contributed by atoms with E-state index in [9.17, 15) is 4.79 Å². The van der Waals surface area contributed by atoms with Crippen LogP contribution in [0.25, 0.3) is 0 Å². The Bertz CT molecular complexity index is 484. The Morgan fingerprint density at radius 2 is 2.32 bits per heavy atom. The molecule has 124 valence electrons. The third-order valence-electron chi connectivity index (χ3n) is 3.97. The van der Waals surface area contributed by atoms with Gasteiger partial charge in [-0.25, -0.2) is 0 Å². The van der Waals surface area contributed by atoms with Gasteiger partial charge < -0.3 is 15.7 Å². The molecule has 0 aromatic carbocycles. The summed E-state index contributed by atoms with van der Waals surface area (Å²) in [6.07, 6.45) is 2.26. The fourth-order valence-electron chi connectivity index (χ4n) is 2.79. The van der Waals surface area contributed by atoms with Gasteiger partial charge in [0.05, 0.1) is 24.5 Å². The third-order valence-corrected chi connectivity index (χ3v) is 3.97. The Labute approximate surface area is 131 Å². The van der Waals surface area contributed by atoms with Crippen molar-refractivity contribution >= 4 is 5.91 Å². The molecular formula is C15H27N5O2. The molecule has 0 spiro atoms. The zero-order valence-corrected chi connectivity index (χ0v) is 13.5. The van der Waals surface area contributed by atoms with Gasteiger partial charge in [-0.1, -0.05) is 6.92 Å². The summed E-state index contributed by atoms with van der Waals surface area (Å²) >= 11 is 0. The predicted molar refractivity (Wildman–Crippen MR) is 84.2 cm³/mol. The molecule has 7 heteroatoms. The molecule has 0 fully saturated rings. The highest BCUT2D eigenvalue weighted by Crippen LogP contribution is 2.14. The monoisotopic (exact) mass is 309 g/mol. The van der Waals surface area contributed by atoms with Gasteiger partial charge in [0, 0.05) is 19.6 Å². The van der Waals surface area contributed by atoms with Crippen LogP contribution in [0.5, 0.6) is 0 Å². The maximum absolute atomic E-state index is 11.8. The molecule has 1 aromatic heterocycles. The number of rotatable bonds is 7. The summed E-state index contributed by atoms with van der Waals surface area (Å²) < 4.78 is 2.05. The maximum atomic E-state index is 11.8. The number of amides is 1. The summed E-state index contributed by atoms with van der Waals surface area (Å²) in [5.41, 5.74) is 2.08. The first-order chi connectivity index (χ1) is 10.7. The molecule has 0 radical (unpaired) electrons. The number of hydrogen-bond donors (Lipinski definition) is 3. The van der Waals surface area contributed by atoms with E-state index < -0.39 is 6.04 Å². The molecule has 3 N–H and O–H groups in total. The summed E-state index contributed by atoms with van der Waals surface area (Å²) in [5, 5.41) is 19.3. The molecule has 0 bridgehead atoms. The van der Waals surface area contributed by atoms with Crippen molar-refractivity contribution in [3.8, 4) is 0 Å². The molecule has 1 aliphatic heterocycles. The van der Waals surface area contributed by atoms with E-state index in [1.165, 1.54) is 5.69 Å². The number of nitrogens with zero attached hydrogens (tertiary/aromatic N) is 3. The lowest BCUT2D eigenvalue weighted by molar-refractivity contribution is -0.124. The number of aliphatic hydroxyl groups excluding tert-OH is 1. The summed E-state index contributed by atoms with van der Waals surface area (Å²) in [7, 11) is 1.65. The second-order valence-electron chi connectivity index (χ2n) is 5.72. The zero-order valence-electron chi connectivity index (χ0n) is 13.5. The van der Waals surface area contributed by atoms with Gasteiger partial charge in [0.2, 0.25) is 5.91 Å². The quantitative estimate of drug-likeness (QED) is 0.644. The molecular weight excluding hydrogens is 282 g/mol. The van der Waals surface area contributed by atoms with Crippen molar-refractivity contribution in [2.45, 2.75) is 45.4 Å². The van der Waals surface area contributed by atoms with Crippen LogP contribution in [0.15, 0.2) is 6.07 Å². The van der Waals surface area contributed by atoms with Crippen LogP contribution >= 0.6 is 0 Å². The number of aromatic nitrogens is 2. The Morgan fingerprint density at radius 1 is 1.50 bits per heavy atom. The minimum Gasteiger partial charge on any atom is -0.394 e. The van der Waals surface area contributed by atoms with E-state index in [1.807, 2.05) is 0 Å². The number of nitrogens with one attached hydrogen (secondary N) is 2. The fourth-order valence-corrected chi connectivity index (χ4v) is 2.79. The van der Waals surface area contributed by atoms with Crippen LogP contribution in [0.2, 0.25) is 0 Å². The van der Waals surface area contributed by atoms with E-state index in [0.29, 0.717) is 6.54 Å². The standard InChI is InChI=1S/C15H27N5O2/c1-3-5-19-6-4-7-20-13(10-19)8-12(18-20)9-17-15(22)14(11-21)16-2/h8,14,16,21H,3-7,9-11H2,1-2H3,(H,17,22). The molecule has 1 unspecified atom stereocenters. The minimum atomic E-state index is -0.569. The molecule has 1 aliphatic rings. The number of likely N-dealkylation sites (N-methyl/N-ethyl adjacent to an activating group) is 1. The van der Waals surface area contributed by atoms with E-state index in [0.717, 1.165) is 44.7 Å². The minimum absolute atomic E-state index is 0.208. The lowest BCUT2D eigenvalue weighted by atomic mass is 10.2. The number of carbonyl (C=O) groups excluding carboxylic acids is 1. The van der Waals surface area contributed by atoms with E-state index in [2.05, 4.69) is 38.3 Å². The molecule has 22 heavy (non-hydrogen) atoms. The number of aliphatic hydroxyl groups is 1. The first-order valence-corrected chi connectivity index (χ1v) is 8.01. The molecule has 0 saturated carbocycles. The van der Waals surface area contributed by atoms with Gasteiger partial charge in [-0.3, -0.25) is 14.4 Å². The molecule has 7 nitrogen and oxygen atoms in total. The second kappa shape index (κ2) is 8.26. The molecule has 1 amide bonds. The lowest BCUT2D eigenvalue weighted by Crippen LogP contribution is -2.44. The van der Waals surface area contributed by atoms with Crippen molar-refractivity contribution < 1.29 is 9.90 Å². The average Bonchev–Trinajstić information content (AvgIpc) is 2.79. The van der Waals surface area contributed by atoms with Crippen LogP contribution in [0.4, 0.5) is 0 Å². The summed E-state index contributed by atoms with van der Waals surface area (Å²) in [6, 6.07) is 1.50. The zero-order chi connectivity index (χ0) is 15.9. The van der Waals surface area contributed by atoms with Gasteiger partial charge in [-0.2, -0.15) is 5.10 Å². The van der Waals surface area contributed by atoms with Gasteiger partial charge in [0.15, 0.2) is 0 Å². The van der Waals surface area contributed by atoms with Crippen molar-refractivity contribution in [2.24, 2.45) is 0 Å². The number of fused-ring (bicyclic) bond motifs is 1. The van der Waals surface area contributed by atoms with Gasteiger partial charge in [0.1, 0.15) is 6.04 Å². The van der Waals surface area contributed by atoms with Crippen LogP contribution in [-0.2, 0) is 24.4 Å². The lowest BCUT2D eigenvalue weighted by Gasteiger charge is -2.17. The van der Waals surface area contributed by atoms with Gasteiger partial charge in [0.25, 0.3) is 0 Å². The maximum Gasteiger partial charge on any atom is 0.239 e. The SMILES string of the molecule is CCCN1CCCn2nc(CNC(=O)C(CO)NC)cc2C1. The summed E-state index contributed by atoms with van der Waals surface area (Å²) in [4.78, 5) is 14.3. The second-order valence-corrected chi connectivity index (χ2v) is 5.72. The van der Waals surface area contributed by atoms with Crippen molar-refractivity contribution in [1.29, 1.82) is 0 Å². The fraction of sp³-hybridized carbons (Fsp3) is 0.733. The van der Waals surface area contributed by atoms with Gasteiger partial charge in [-0.05, 0) is 32.5 Å². The molecule has 2 rings (SSSR count). The van der Waals surface area contributed by atoms with Crippen LogP contribution in [0.1, 0.15) is 31.2 Å². The van der Waals surface area contributed by atoms with E-state index in [-0.39, 0.29) is 12.5 Å². The highest BCUT2D eigenvalue weighted by atomic mass is 16.3. The topological polar surface area (TPSA) is 82.4 Å². The molecule has 0 saturated heterocycles. The van der Waals surface area contributed by atoms with E-state index >= 15 is 0 Å². The van der Waals surface area contributed by atoms with Crippen LogP contribution < -0.4 is 10.6 Å². The first-order valence-electron chi connectivity index (χ1n) is 8.01. The normalized spacial score (nSPS) is 16.9. The number of carbonyl (C=O) groups is 1. The largest absolute Gasteiger partial charge is 0.394 e. The van der Waals surface area contributed by atoms with Crippen LogP contribution in [0.3, 0.4) is 0 Å². The molecule has 0 aliphatic carbocycles. The van der Waals surface area contributed by atoms with E-state index in [1.54, 1.807) is 7.05 Å². The Balaban J connectivity index is 1.94. The summed E-state index contributed by atoms with van der Waals surface area (Å²) in [6.45, 7) is 6.45.